The van der Waals surface area contributed by atoms with E-state index >= 15 is 0 Å². The molecule has 0 saturated heterocycles. The predicted molar refractivity (Wildman–Crippen MR) is 195 cm³/mol. The summed E-state index contributed by atoms with van der Waals surface area (Å²) < 4.78 is 27.0. The molecule has 0 N–H and O–H groups in total. The lowest BCUT2D eigenvalue weighted by Gasteiger charge is -2.66. The molecule has 4 saturated carbocycles. The molecule has 11 atom stereocenters. The van der Waals surface area contributed by atoms with Crippen LogP contribution in [0.4, 0.5) is 0 Å². The molecule has 0 aliphatic heterocycles. The maximum Gasteiger partial charge on any atom is 0.305 e. The second kappa shape index (κ2) is 14.1. The van der Waals surface area contributed by atoms with E-state index in [9.17, 15) is 4.79 Å². The zero-order valence-corrected chi connectivity index (χ0v) is 34.7. The van der Waals surface area contributed by atoms with E-state index in [2.05, 4.69) is 80.8 Å². The zero-order chi connectivity index (χ0) is 33.6. The quantitative estimate of drug-likeness (QED) is 0.143. The van der Waals surface area contributed by atoms with Crippen molar-refractivity contribution in [1.82, 2.24) is 0 Å². The third-order valence-electron chi connectivity index (χ3n) is 14.4. The standard InChI is InChI=1S/C37H72O5Si3/c1-14-43(8,9)40-28-21-22-36(5)27(23-28)24-32(41-44(10,11)15-2)35-30-19-18-29(26(4)17-20-34(38)39-7)37(30,6)33(25-31(35)36)42-45(12,13)16-3/h26-33,35H,14-25H2,1-13H3/t26-,27+,28-,29-,30+,31+,32-,33+,35+,36+,37-/m1/s1. The largest absolute Gasteiger partial charge is 0.469 e. The lowest BCUT2D eigenvalue weighted by molar-refractivity contribution is -0.199. The number of ether oxygens (including phenoxy) is 1. The lowest BCUT2D eigenvalue weighted by atomic mass is 9.43. The van der Waals surface area contributed by atoms with Crippen molar-refractivity contribution in [3.8, 4) is 0 Å². The zero-order valence-electron chi connectivity index (χ0n) is 31.7. The molecule has 45 heavy (non-hydrogen) atoms. The summed E-state index contributed by atoms with van der Waals surface area (Å²) in [6.07, 6.45) is 11.1. The van der Waals surface area contributed by atoms with E-state index in [1.165, 1.54) is 64.1 Å². The second-order valence-electron chi connectivity index (χ2n) is 18.2. The van der Waals surface area contributed by atoms with Gasteiger partial charge in [-0.25, -0.2) is 0 Å². The Bertz CT molecular complexity index is 1020. The molecule has 0 spiro atoms. The van der Waals surface area contributed by atoms with Crippen molar-refractivity contribution in [2.45, 2.75) is 175 Å². The molecule has 262 valence electrons. The van der Waals surface area contributed by atoms with E-state index in [0.717, 1.165) is 12.5 Å². The Kier molecular flexibility index (Phi) is 11.8. The normalized spacial score (nSPS) is 39.5. The summed E-state index contributed by atoms with van der Waals surface area (Å²) in [4.78, 5) is 12.2. The average Bonchev–Trinajstić information content (AvgIpc) is 3.34. The number of hydrogen-bond acceptors (Lipinski definition) is 5. The Hall–Kier alpha value is 0.000649. The highest BCUT2D eigenvalue weighted by Crippen LogP contribution is 2.70. The number of carbonyl (C=O) groups excluding carboxylic acids is 1. The van der Waals surface area contributed by atoms with Gasteiger partial charge in [0, 0.05) is 18.6 Å². The van der Waals surface area contributed by atoms with E-state index in [1.807, 2.05) is 0 Å². The molecule has 5 nitrogen and oxygen atoms in total. The van der Waals surface area contributed by atoms with Crippen LogP contribution in [-0.2, 0) is 22.8 Å². The highest BCUT2D eigenvalue weighted by atomic mass is 28.4. The van der Waals surface area contributed by atoms with Crippen LogP contribution >= 0.6 is 0 Å². The molecule has 4 fully saturated rings. The van der Waals surface area contributed by atoms with E-state index < -0.39 is 25.0 Å². The van der Waals surface area contributed by atoms with E-state index in [0.29, 0.717) is 59.6 Å². The fourth-order valence-corrected chi connectivity index (χ4v) is 14.4. The van der Waals surface area contributed by atoms with Crippen molar-refractivity contribution >= 4 is 30.9 Å². The van der Waals surface area contributed by atoms with E-state index in [1.54, 1.807) is 0 Å². The summed E-state index contributed by atoms with van der Waals surface area (Å²) in [7, 11) is -3.69. The molecule has 0 aromatic rings. The van der Waals surface area contributed by atoms with Crippen molar-refractivity contribution < 1.29 is 22.8 Å². The van der Waals surface area contributed by atoms with Gasteiger partial charge >= 0.3 is 5.97 Å². The van der Waals surface area contributed by atoms with Crippen LogP contribution in [0.15, 0.2) is 0 Å². The molecule has 0 heterocycles. The molecule has 0 aromatic carbocycles. The van der Waals surface area contributed by atoms with Gasteiger partial charge in [0.2, 0.25) is 0 Å². The van der Waals surface area contributed by atoms with Gasteiger partial charge in [0.25, 0.3) is 0 Å². The first-order valence-corrected chi connectivity index (χ1v) is 28.3. The first kappa shape index (κ1) is 37.8. The topological polar surface area (TPSA) is 54.0 Å². The van der Waals surface area contributed by atoms with Crippen molar-refractivity contribution in [3.05, 3.63) is 0 Å². The van der Waals surface area contributed by atoms with Crippen LogP contribution in [0.2, 0.25) is 57.4 Å². The summed E-state index contributed by atoms with van der Waals surface area (Å²) in [6, 6.07) is 3.51. The second-order valence-corrected chi connectivity index (χ2v) is 31.6. The fourth-order valence-electron chi connectivity index (χ4n) is 10.6. The van der Waals surface area contributed by atoms with Gasteiger partial charge in [-0.2, -0.15) is 0 Å². The summed E-state index contributed by atoms with van der Waals surface area (Å²) in [5, 5.41) is 0. The Morgan fingerprint density at radius 3 is 2.00 bits per heavy atom. The number of hydrogen-bond donors (Lipinski definition) is 0. The van der Waals surface area contributed by atoms with Gasteiger partial charge < -0.3 is 18.0 Å². The maximum atomic E-state index is 12.2. The summed E-state index contributed by atoms with van der Waals surface area (Å²) >= 11 is 0. The van der Waals surface area contributed by atoms with Crippen molar-refractivity contribution in [2.24, 2.45) is 46.3 Å². The van der Waals surface area contributed by atoms with Gasteiger partial charge in [0.15, 0.2) is 25.0 Å². The fraction of sp³-hybridized carbons (Fsp3) is 0.973. The minimum atomic E-state index is -1.82. The number of esters is 1. The molecule has 0 bridgehead atoms. The van der Waals surface area contributed by atoms with Crippen LogP contribution in [0.1, 0.15) is 99.3 Å². The molecule has 4 rings (SSSR count). The van der Waals surface area contributed by atoms with Gasteiger partial charge in [-0.05, 0) is 155 Å². The van der Waals surface area contributed by atoms with Gasteiger partial charge in [-0.15, -0.1) is 0 Å². The molecular formula is C37H72O5Si3. The summed E-state index contributed by atoms with van der Waals surface area (Å²) in [5.41, 5.74) is 0.422. The highest BCUT2D eigenvalue weighted by molar-refractivity contribution is 6.71. The Balaban J connectivity index is 1.74. The summed E-state index contributed by atoms with van der Waals surface area (Å²) in [5.74, 6) is 3.45. The predicted octanol–water partition coefficient (Wildman–Crippen LogP) is 10.3. The van der Waals surface area contributed by atoms with E-state index in [4.69, 9.17) is 18.0 Å². The lowest BCUT2D eigenvalue weighted by Crippen LogP contribution is -2.65. The molecular weight excluding hydrogens is 609 g/mol. The molecule has 0 amide bonds. The van der Waals surface area contributed by atoms with Crippen LogP contribution in [0.25, 0.3) is 0 Å². The third-order valence-corrected chi connectivity index (χ3v) is 22.4. The van der Waals surface area contributed by atoms with Crippen LogP contribution in [-0.4, -0.2) is 56.3 Å². The number of carbonyl (C=O) groups is 1. The van der Waals surface area contributed by atoms with Crippen LogP contribution in [0, 0.1) is 46.3 Å². The summed E-state index contributed by atoms with van der Waals surface area (Å²) in [6.45, 7) is 29.3. The Morgan fingerprint density at radius 1 is 0.800 bits per heavy atom. The van der Waals surface area contributed by atoms with Gasteiger partial charge in [-0.3, -0.25) is 4.79 Å². The van der Waals surface area contributed by atoms with Gasteiger partial charge in [0.05, 0.1) is 13.2 Å². The smallest absolute Gasteiger partial charge is 0.305 e. The minimum Gasteiger partial charge on any atom is -0.469 e. The van der Waals surface area contributed by atoms with Crippen molar-refractivity contribution in [1.29, 1.82) is 0 Å². The molecule has 4 aliphatic carbocycles. The molecule has 8 heteroatoms. The number of rotatable bonds is 13. The minimum absolute atomic E-state index is 0.0754. The maximum absolute atomic E-state index is 12.2. The average molecular weight is 681 g/mol. The Morgan fingerprint density at radius 2 is 1.40 bits per heavy atom. The SMILES string of the molecule is CC[Si](C)(C)O[C@@H]1CC[C@@]2(C)[C@@H](C1)C[C@@H](O[Si](C)(C)CC)[C@@H]1[C@@H]2C[C@H](O[Si](C)(C)CC)[C@]2(C)[C@@H]([C@H](C)CCC(=O)OC)CC[C@@H]12. The van der Waals surface area contributed by atoms with Gasteiger partial charge in [-0.1, -0.05) is 41.5 Å². The first-order valence-electron chi connectivity index (χ1n) is 19.0. The highest BCUT2D eigenvalue weighted by Gasteiger charge is 2.67. The number of methoxy groups -OCH3 is 1. The monoisotopic (exact) mass is 680 g/mol. The Labute approximate surface area is 281 Å². The van der Waals surface area contributed by atoms with Crippen LogP contribution in [0.3, 0.4) is 0 Å². The third kappa shape index (κ3) is 7.76. The molecule has 0 unspecified atom stereocenters. The van der Waals surface area contributed by atoms with Crippen LogP contribution < -0.4 is 0 Å². The molecule has 0 aromatic heterocycles. The molecule has 4 aliphatic rings. The first-order chi connectivity index (χ1) is 20.9. The van der Waals surface area contributed by atoms with Gasteiger partial charge in [0.1, 0.15) is 0 Å². The number of fused-ring (bicyclic) bond motifs is 5. The van der Waals surface area contributed by atoms with E-state index in [-0.39, 0.29) is 17.5 Å². The van der Waals surface area contributed by atoms with Crippen molar-refractivity contribution in [3.63, 3.8) is 0 Å². The van der Waals surface area contributed by atoms with Crippen molar-refractivity contribution in [2.75, 3.05) is 7.11 Å². The molecule has 0 radical (unpaired) electrons. The van der Waals surface area contributed by atoms with Crippen LogP contribution in [0.5, 0.6) is 0 Å².